The van der Waals surface area contributed by atoms with E-state index in [0.29, 0.717) is 12.6 Å². The van der Waals surface area contributed by atoms with Gasteiger partial charge in [-0.15, -0.1) is 0 Å². The summed E-state index contributed by atoms with van der Waals surface area (Å²) in [6.07, 6.45) is 0.903. The third kappa shape index (κ3) is 2.70. The molecule has 0 aliphatic heterocycles. The van der Waals surface area contributed by atoms with E-state index in [1.165, 1.54) is 5.06 Å². The van der Waals surface area contributed by atoms with Crippen LogP contribution in [0, 0.1) is 0 Å². The van der Waals surface area contributed by atoms with Crippen molar-refractivity contribution in [3.8, 4) is 0 Å². The first-order valence-corrected chi connectivity index (χ1v) is 4.27. The Morgan fingerprint density at radius 2 is 1.79 bits per heavy atom. The van der Waals surface area contributed by atoms with Gasteiger partial charge in [-0.25, -0.2) is 5.06 Å². The Labute approximate surface area is 82.1 Å². The van der Waals surface area contributed by atoms with Gasteiger partial charge in [-0.05, 0) is 6.42 Å². The largest absolute Gasteiger partial charge is 0.368 e. The van der Waals surface area contributed by atoms with E-state index in [1.807, 2.05) is 6.92 Å². The third-order valence-corrected chi connectivity index (χ3v) is 1.43. The van der Waals surface area contributed by atoms with E-state index >= 15 is 0 Å². The Bertz CT molecular complexity index is 284. The van der Waals surface area contributed by atoms with Gasteiger partial charge < -0.3 is 11.5 Å². The first-order chi connectivity index (χ1) is 6.63. The van der Waals surface area contributed by atoms with E-state index in [9.17, 15) is 0 Å². The average Bonchev–Trinajstić information content (AvgIpc) is 2.12. The predicted molar refractivity (Wildman–Crippen MR) is 53.3 cm³/mol. The smallest absolute Gasteiger partial charge is 0.256 e. The lowest BCUT2D eigenvalue weighted by molar-refractivity contribution is 0.119. The number of hydroxylamine groups is 1. The Balaban J connectivity index is 2.73. The molecule has 0 radical (unpaired) electrons. The van der Waals surface area contributed by atoms with E-state index < -0.39 is 0 Å². The summed E-state index contributed by atoms with van der Waals surface area (Å²) in [7, 11) is 1.68. The van der Waals surface area contributed by atoms with Crippen molar-refractivity contribution in [2.75, 3.05) is 30.2 Å². The number of rotatable bonds is 4. The number of hydrogen-bond acceptors (Lipinski definition) is 7. The van der Waals surface area contributed by atoms with Crippen LogP contribution in [0.3, 0.4) is 0 Å². The summed E-state index contributed by atoms with van der Waals surface area (Å²) in [6.45, 7) is 2.59. The van der Waals surface area contributed by atoms with Crippen LogP contribution in [0.5, 0.6) is 0 Å². The highest BCUT2D eigenvalue weighted by atomic mass is 16.7. The molecule has 0 bridgehead atoms. The molecule has 0 spiro atoms. The van der Waals surface area contributed by atoms with Crippen LogP contribution in [0.2, 0.25) is 0 Å². The monoisotopic (exact) mass is 198 g/mol. The number of nitrogen functional groups attached to an aromatic ring is 2. The predicted octanol–water partition coefficient (Wildman–Crippen LogP) is -0.186. The first-order valence-electron chi connectivity index (χ1n) is 4.27. The van der Waals surface area contributed by atoms with Gasteiger partial charge in [0.05, 0.1) is 6.61 Å². The summed E-state index contributed by atoms with van der Waals surface area (Å²) in [5, 5.41) is 1.41. The van der Waals surface area contributed by atoms with Crippen LogP contribution in [-0.4, -0.2) is 28.6 Å². The zero-order chi connectivity index (χ0) is 10.6. The van der Waals surface area contributed by atoms with Gasteiger partial charge in [0.2, 0.25) is 11.9 Å². The molecule has 1 heterocycles. The molecule has 0 fully saturated rings. The van der Waals surface area contributed by atoms with Crippen molar-refractivity contribution in [1.82, 2.24) is 15.0 Å². The molecule has 4 N–H and O–H groups in total. The number of aromatic nitrogens is 3. The van der Waals surface area contributed by atoms with E-state index in [-0.39, 0.29) is 11.9 Å². The first kappa shape index (κ1) is 10.5. The third-order valence-electron chi connectivity index (χ3n) is 1.43. The summed E-state index contributed by atoms with van der Waals surface area (Å²) < 4.78 is 0. The normalized spacial score (nSPS) is 10.1. The second-order valence-corrected chi connectivity index (χ2v) is 2.68. The number of hydrogen-bond donors (Lipinski definition) is 2. The minimum absolute atomic E-state index is 0.0828. The fraction of sp³-hybridized carbons (Fsp3) is 0.571. The van der Waals surface area contributed by atoms with Gasteiger partial charge in [0.1, 0.15) is 0 Å². The zero-order valence-electron chi connectivity index (χ0n) is 8.27. The molecule has 0 saturated carbocycles. The van der Waals surface area contributed by atoms with Crippen LogP contribution >= 0.6 is 0 Å². The lowest BCUT2D eigenvalue weighted by Gasteiger charge is -2.15. The molecule has 0 aromatic carbocycles. The highest BCUT2D eigenvalue weighted by Gasteiger charge is 2.07. The molecule has 7 heteroatoms. The maximum Gasteiger partial charge on any atom is 0.256 e. The zero-order valence-corrected chi connectivity index (χ0v) is 8.27. The molecular weight excluding hydrogens is 184 g/mol. The van der Waals surface area contributed by atoms with Crippen LogP contribution in [-0.2, 0) is 4.84 Å². The summed E-state index contributed by atoms with van der Waals surface area (Å²) in [6, 6.07) is 0. The standard InChI is InChI=1S/C7H14N6O/c1-3-4-14-13(2)7-11-5(8)10-6(9)12-7/h3-4H2,1-2H3,(H4,8,9,10,11,12). The number of anilines is 3. The fourth-order valence-corrected chi connectivity index (χ4v) is 0.824. The molecule has 0 amide bonds. The average molecular weight is 198 g/mol. The summed E-state index contributed by atoms with van der Waals surface area (Å²) in [5.41, 5.74) is 10.8. The SMILES string of the molecule is CCCON(C)c1nc(N)nc(N)n1. The molecule has 14 heavy (non-hydrogen) atoms. The van der Waals surface area contributed by atoms with Gasteiger partial charge in [0.15, 0.2) is 0 Å². The van der Waals surface area contributed by atoms with Crippen molar-refractivity contribution in [3.05, 3.63) is 0 Å². The molecule has 0 atom stereocenters. The minimum atomic E-state index is 0.0828. The molecule has 0 unspecified atom stereocenters. The van der Waals surface area contributed by atoms with Crippen LogP contribution in [0.4, 0.5) is 17.8 Å². The molecule has 0 aliphatic rings. The fourth-order valence-electron chi connectivity index (χ4n) is 0.824. The molecule has 78 valence electrons. The van der Waals surface area contributed by atoms with Crippen molar-refractivity contribution >= 4 is 17.8 Å². The highest BCUT2D eigenvalue weighted by Crippen LogP contribution is 2.08. The van der Waals surface area contributed by atoms with E-state index in [1.54, 1.807) is 7.05 Å². The van der Waals surface area contributed by atoms with E-state index in [0.717, 1.165) is 6.42 Å². The van der Waals surface area contributed by atoms with Crippen LogP contribution in [0.25, 0.3) is 0 Å². The van der Waals surface area contributed by atoms with E-state index in [2.05, 4.69) is 15.0 Å². The molecule has 1 aromatic heterocycles. The van der Waals surface area contributed by atoms with Gasteiger partial charge in [0, 0.05) is 7.05 Å². The summed E-state index contributed by atoms with van der Waals surface area (Å²) >= 11 is 0. The maximum absolute atomic E-state index is 5.40. The highest BCUT2D eigenvalue weighted by molar-refractivity contribution is 5.36. The maximum atomic E-state index is 5.40. The van der Waals surface area contributed by atoms with Gasteiger partial charge in [-0.3, -0.25) is 4.84 Å². The van der Waals surface area contributed by atoms with Gasteiger partial charge in [-0.2, -0.15) is 15.0 Å². The lowest BCUT2D eigenvalue weighted by Crippen LogP contribution is -2.22. The van der Waals surface area contributed by atoms with E-state index in [4.69, 9.17) is 16.3 Å². The minimum Gasteiger partial charge on any atom is -0.368 e. The Morgan fingerprint density at radius 1 is 1.21 bits per heavy atom. The molecule has 1 rings (SSSR count). The summed E-state index contributed by atoms with van der Waals surface area (Å²) in [5.74, 6) is 0.474. The van der Waals surface area contributed by atoms with Crippen LogP contribution < -0.4 is 16.5 Å². The van der Waals surface area contributed by atoms with Crippen LogP contribution in [0.15, 0.2) is 0 Å². The topological polar surface area (TPSA) is 103 Å². The summed E-state index contributed by atoms with van der Waals surface area (Å²) in [4.78, 5) is 16.6. The van der Waals surface area contributed by atoms with Crippen molar-refractivity contribution < 1.29 is 4.84 Å². The lowest BCUT2D eigenvalue weighted by atomic mass is 10.5. The van der Waals surface area contributed by atoms with Gasteiger partial charge in [-0.1, -0.05) is 6.92 Å². The molecular formula is C7H14N6O. The molecule has 1 aromatic rings. The molecule has 0 saturated heterocycles. The van der Waals surface area contributed by atoms with Crippen molar-refractivity contribution in [3.63, 3.8) is 0 Å². The molecule has 0 aliphatic carbocycles. The second-order valence-electron chi connectivity index (χ2n) is 2.68. The Kier molecular flexibility index (Phi) is 3.41. The Morgan fingerprint density at radius 3 is 2.29 bits per heavy atom. The van der Waals surface area contributed by atoms with Crippen molar-refractivity contribution in [1.29, 1.82) is 0 Å². The van der Waals surface area contributed by atoms with Crippen molar-refractivity contribution in [2.24, 2.45) is 0 Å². The number of nitrogens with two attached hydrogens (primary N) is 2. The molecule has 7 nitrogen and oxygen atoms in total. The second kappa shape index (κ2) is 4.56. The van der Waals surface area contributed by atoms with Gasteiger partial charge in [0.25, 0.3) is 5.95 Å². The Hall–Kier alpha value is -1.63. The van der Waals surface area contributed by atoms with Gasteiger partial charge >= 0.3 is 0 Å². The number of nitrogens with zero attached hydrogens (tertiary/aromatic N) is 4. The van der Waals surface area contributed by atoms with Crippen molar-refractivity contribution in [2.45, 2.75) is 13.3 Å². The van der Waals surface area contributed by atoms with Crippen LogP contribution in [0.1, 0.15) is 13.3 Å². The quantitative estimate of drug-likeness (QED) is 0.646.